The summed E-state index contributed by atoms with van der Waals surface area (Å²) in [6, 6.07) is 0. The summed E-state index contributed by atoms with van der Waals surface area (Å²) in [7, 11) is 0. The molecular formula is C11H17N3O. The number of aliphatic hydroxyl groups excluding tert-OH is 1. The van der Waals surface area contributed by atoms with Gasteiger partial charge in [0.25, 0.3) is 0 Å². The van der Waals surface area contributed by atoms with Crippen molar-refractivity contribution in [1.82, 2.24) is 14.8 Å². The van der Waals surface area contributed by atoms with E-state index >= 15 is 0 Å². The third-order valence-corrected chi connectivity index (χ3v) is 3.57. The van der Waals surface area contributed by atoms with Crippen molar-refractivity contribution in [3.05, 3.63) is 11.6 Å². The van der Waals surface area contributed by atoms with Gasteiger partial charge in [-0.3, -0.25) is 0 Å². The Bertz CT molecular complexity index is 355. The van der Waals surface area contributed by atoms with E-state index in [1.54, 1.807) is 0 Å². The van der Waals surface area contributed by atoms with Gasteiger partial charge >= 0.3 is 0 Å². The van der Waals surface area contributed by atoms with Crippen molar-refractivity contribution < 1.29 is 5.11 Å². The normalized spacial score (nSPS) is 26.9. The summed E-state index contributed by atoms with van der Waals surface area (Å²) in [5, 5.41) is 14.1. The molecule has 2 aliphatic rings. The summed E-state index contributed by atoms with van der Waals surface area (Å²) in [5.41, 5.74) is 0. The molecule has 15 heavy (non-hydrogen) atoms. The smallest absolute Gasteiger partial charge is 0.154 e. The molecule has 1 fully saturated rings. The van der Waals surface area contributed by atoms with Crippen LogP contribution in [0, 0.1) is 0 Å². The number of aryl methyl sites for hydroxylation is 1. The molecule has 1 aromatic rings. The Morgan fingerprint density at radius 1 is 1.20 bits per heavy atom. The molecule has 1 unspecified atom stereocenters. The minimum atomic E-state index is -0.226. The lowest BCUT2D eigenvalue weighted by Gasteiger charge is -2.16. The first-order chi connectivity index (χ1) is 7.33. The van der Waals surface area contributed by atoms with Gasteiger partial charge in [0.05, 0.1) is 12.6 Å². The Hall–Kier alpha value is -0.900. The molecule has 82 valence electrons. The number of fused-ring (bicyclic) bond motifs is 1. The monoisotopic (exact) mass is 207 g/mol. The van der Waals surface area contributed by atoms with Gasteiger partial charge in [0.2, 0.25) is 0 Å². The van der Waals surface area contributed by atoms with Gasteiger partial charge in [0.1, 0.15) is 5.82 Å². The van der Waals surface area contributed by atoms with Crippen LogP contribution in [0.4, 0.5) is 0 Å². The lowest BCUT2D eigenvalue weighted by molar-refractivity contribution is 0.124. The van der Waals surface area contributed by atoms with E-state index in [1.165, 1.54) is 25.7 Å². The molecule has 0 amide bonds. The Morgan fingerprint density at radius 3 is 2.80 bits per heavy atom. The highest BCUT2D eigenvalue weighted by Gasteiger charge is 2.25. The van der Waals surface area contributed by atoms with Crippen LogP contribution in [0.25, 0.3) is 0 Å². The van der Waals surface area contributed by atoms with Crippen LogP contribution in [0.2, 0.25) is 0 Å². The number of rotatable bonds is 1. The molecule has 4 nitrogen and oxygen atoms in total. The molecule has 0 bridgehead atoms. The average Bonchev–Trinajstić information content (AvgIpc) is 2.84. The summed E-state index contributed by atoms with van der Waals surface area (Å²) in [6.07, 6.45) is 6.60. The maximum atomic E-state index is 9.54. The quantitative estimate of drug-likeness (QED) is 0.754. The molecule has 4 heteroatoms. The fourth-order valence-corrected chi connectivity index (χ4v) is 2.67. The van der Waals surface area contributed by atoms with E-state index in [0.717, 1.165) is 24.5 Å². The molecule has 0 aromatic carbocycles. The number of aliphatic hydroxyl groups is 1. The van der Waals surface area contributed by atoms with E-state index in [9.17, 15) is 5.11 Å². The Labute approximate surface area is 89.3 Å². The van der Waals surface area contributed by atoms with Crippen molar-refractivity contribution in [2.45, 2.75) is 57.1 Å². The summed E-state index contributed by atoms with van der Waals surface area (Å²) in [6.45, 7) is 0.634. The molecule has 0 saturated heterocycles. The highest BCUT2D eigenvalue weighted by atomic mass is 16.3. The fraction of sp³-hybridized carbons (Fsp3) is 0.818. The molecular weight excluding hydrogens is 190 g/mol. The Morgan fingerprint density at radius 2 is 2.00 bits per heavy atom. The van der Waals surface area contributed by atoms with E-state index in [1.807, 2.05) is 4.68 Å². The topological polar surface area (TPSA) is 50.9 Å². The van der Waals surface area contributed by atoms with Crippen LogP contribution in [0.3, 0.4) is 0 Å². The van der Waals surface area contributed by atoms with Crippen molar-refractivity contribution in [1.29, 1.82) is 0 Å². The predicted octanol–water partition coefficient (Wildman–Crippen LogP) is 1.24. The lowest BCUT2D eigenvalue weighted by Crippen LogP contribution is -2.25. The predicted molar refractivity (Wildman–Crippen MR) is 55.6 cm³/mol. The number of hydrogen-bond acceptors (Lipinski definition) is 3. The highest BCUT2D eigenvalue weighted by Crippen LogP contribution is 2.32. The van der Waals surface area contributed by atoms with Crippen LogP contribution in [-0.4, -0.2) is 26.0 Å². The Balaban J connectivity index is 1.85. The van der Waals surface area contributed by atoms with Gasteiger partial charge in [-0.15, -0.1) is 0 Å². The van der Waals surface area contributed by atoms with Crippen LogP contribution in [0.1, 0.15) is 49.7 Å². The molecule has 1 aliphatic carbocycles. The SMILES string of the molecule is OC1CCc2nc(C3CCCC3)nn2C1. The zero-order valence-electron chi connectivity index (χ0n) is 8.89. The number of nitrogens with zero attached hydrogens (tertiary/aromatic N) is 3. The van der Waals surface area contributed by atoms with Crippen LogP contribution in [0.15, 0.2) is 0 Å². The second kappa shape index (κ2) is 3.59. The minimum Gasteiger partial charge on any atom is -0.391 e. The average molecular weight is 207 g/mol. The van der Waals surface area contributed by atoms with Gasteiger partial charge in [0, 0.05) is 12.3 Å². The third kappa shape index (κ3) is 1.67. The molecule has 2 heterocycles. The summed E-state index contributed by atoms with van der Waals surface area (Å²) in [4.78, 5) is 4.61. The van der Waals surface area contributed by atoms with Crippen molar-refractivity contribution in [3.8, 4) is 0 Å². The van der Waals surface area contributed by atoms with Gasteiger partial charge in [-0.2, -0.15) is 5.10 Å². The molecule has 3 rings (SSSR count). The Kier molecular flexibility index (Phi) is 2.24. The molecule has 0 radical (unpaired) electrons. The molecule has 1 saturated carbocycles. The van der Waals surface area contributed by atoms with Crippen molar-refractivity contribution in [2.75, 3.05) is 0 Å². The second-order valence-corrected chi connectivity index (χ2v) is 4.74. The summed E-state index contributed by atoms with van der Waals surface area (Å²) >= 11 is 0. The number of aromatic nitrogens is 3. The zero-order chi connectivity index (χ0) is 10.3. The van der Waals surface area contributed by atoms with Crippen molar-refractivity contribution in [2.24, 2.45) is 0 Å². The van der Waals surface area contributed by atoms with Gasteiger partial charge in [-0.25, -0.2) is 9.67 Å². The highest BCUT2D eigenvalue weighted by molar-refractivity contribution is 5.03. The van der Waals surface area contributed by atoms with E-state index in [4.69, 9.17) is 0 Å². The summed E-state index contributed by atoms with van der Waals surface area (Å²) < 4.78 is 1.90. The fourth-order valence-electron chi connectivity index (χ4n) is 2.67. The maximum absolute atomic E-state index is 9.54. The molecule has 1 aromatic heterocycles. The molecule has 0 spiro atoms. The zero-order valence-corrected chi connectivity index (χ0v) is 8.89. The lowest BCUT2D eigenvalue weighted by atomic mass is 10.1. The molecule has 1 N–H and O–H groups in total. The van der Waals surface area contributed by atoms with E-state index in [-0.39, 0.29) is 6.10 Å². The van der Waals surface area contributed by atoms with E-state index < -0.39 is 0 Å². The molecule has 1 aliphatic heterocycles. The first-order valence-corrected chi connectivity index (χ1v) is 5.94. The first kappa shape index (κ1) is 9.33. The van der Waals surface area contributed by atoms with Gasteiger partial charge < -0.3 is 5.11 Å². The minimum absolute atomic E-state index is 0.226. The van der Waals surface area contributed by atoms with Crippen LogP contribution >= 0.6 is 0 Å². The standard InChI is InChI=1S/C11H17N3O/c15-9-5-6-10-12-11(13-14(10)7-9)8-3-1-2-4-8/h8-9,15H,1-7H2. The largest absolute Gasteiger partial charge is 0.391 e. The van der Waals surface area contributed by atoms with Gasteiger partial charge in [-0.05, 0) is 19.3 Å². The van der Waals surface area contributed by atoms with Crippen LogP contribution in [-0.2, 0) is 13.0 Å². The van der Waals surface area contributed by atoms with Crippen LogP contribution in [0.5, 0.6) is 0 Å². The first-order valence-electron chi connectivity index (χ1n) is 5.94. The van der Waals surface area contributed by atoms with Crippen LogP contribution < -0.4 is 0 Å². The van der Waals surface area contributed by atoms with Crippen molar-refractivity contribution in [3.63, 3.8) is 0 Å². The van der Waals surface area contributed by atoms with Gasteiger partial charge in [0.15, 0.2) is 5.82 Å². The maximum Gasteiger partial charge on any atom is 0.154 e. The summed E-state index contributed by atoms with van der Waals surface area (Å²) in [5.74, 6) is 2.68. The second-order valence-electron chi connectivity index (χ2n) is 4.74. The molecule has 1 atom stereocenters. The van der Waals surface area contributed by atoms with Crippen molar-refractivity contribution >= 4 is 0 Å². The third-order valence-electron chi connectivity index (χ3n) is 3.57. The number of hydrogen-bond donors (Lipinski definition) is 1. The van der Waals surface area contributed by atoms with E-state index in [0.29, 0.717) is 12.5 Å². The van der Waals surface area contributed by atoms with Gasteiger partial charge in [-0.1, -0.05) is 12.8 Å². The van der Waals surface area contributed by atoms with E-state index in [2.05, 4.69) is 10.1 Å².